The van der Waals surface area contributed by atoms with Gasteiger partial charge in [0.25, 0.3) is 0 Å². The van der Waals surface area contributed by atoms with Gasteiger partial charge in [-0.2, -0.15) is 35.3 Å². The Hall–Kier alpha value is -1.44. The Kier molecular flexibility index (Phi) is 22.2. The minimum atomic E-state index is -0.597. The van der Waals surface area contributed by atoms with Gasteiger partial charge in [-0.05, 0) is 24.6 Å². The summed E-state index contributed by atoms with van der Waals surface area (Å²) in [6.07, 6.45) is 5.18. The molecule has 1 rings (SSSR count). The second kappa shape index (κ2) is 24.4. The standard InChI is InChI=1S/C27H40O8S4/c1-5-26(28)34-24(17-30-10-11-38-14-12-36-3)19-32-22-8-7-9-23(16-22)33-20-25(35-27(29)6-2)18-31-21-39-15-13-37-4/h5-9,16,24-25H,1-2,10-15,17-21H2,3-4H3. The number of rotatable bonds is 25. The fourth-order valence-electron chi connectivity index (χ4n) is 2.71. The van der Waals surface area contributed by atoms with Crippen LogP contribution >= 0.6 is 47.0 Å². The summed E-state index contributed by atoms with van der Waals surface area (Å²) in [5.41, 5.74) is 0. The zero-order valence-electron chi connectivity index (χ0n) is 22.7. The average molecular weight is 621 g/mol. The number of ether oxygens (including phenoxy) is 6. The molecule has 8 nitrogen and oxygen atoms in total. The van der Waals surface area contributed by atoms with Gasteiger partial charge >= 0.3 is 11.9 Å². The first kappa shape index (κ1) is 35.6. The fraction of sp³-hybridized carbons (Fsp3) is 0.556. The summed E-state index contributed by atoms with van der Waals surface area (Å²) in [4.78, 5) is 23.5. The molecule has 0 bridgehead atoms. The van der Waals surface area contributed by atoms with Crippen molar-refractivity contribution in [2.75, 3.05) is 80.2 Å². The van der Waals surface area contributed by atoms with Crippen molar-refractivity contribution in [1.29, 1.82) is 0 Å². The number of carbonyl (C=O) groups is 2. The number of hydrogen-bond donors (Lipinski definition) is 0. The second-order valence-corrected chi connectivity index (χ2v) is 11.9. The fourth-order valence-corrected chi connectivity index (χ4v) is 5.75. The molecular weight excluding hydrogens is 581 g/mol. The third-order valence-electron chi connectivity index (χ3n) is 4.59. The maximum atomic E-state index is 11.8. The van der Waals surface area contributed by atoms with Crippen molar-refractivity contribution in [2.24, 2.45) is 0 Å². The van der Waals surface area contributed by atoms with Crippen LogP contribution in [0.2, 0.25) is 0 Å². The summed E-state index contributed by atoms with van der Waals surface area (Å²) in [7, 11) is 0. The van der Waals surface area contributed by atoms with Gasteiger partial charge in [-0.25, -0.2) is 9.59 Å². The first-order valence-electron chi connectivity index (χ1n) is 12.3. The van der Waals surface area contributed by atoms with E-state index in [0.717, 1.165) is 40.9 Å². The first-order chi connectivity index (χ1) is 19.0. The largest absolute Gasteiger partial charge is 0.489 e. The summed E-state index contributed by atoms with van der Waals surface area (Å²) in [6.45, 7) is 8.07. The Labute approximate surface area is 249 Å². The molecule has 0 aliphatic heterocycles. The van der Waals surface area contributed by atoms with Crippen LogP contribution in [0.3, 0.4) is 0 Å². The number of thioether (sulfide) groups is 4. The van der Waals surface area contributed by atoms with Crippen molar-refractivity contribution in [3.63, 3.8) is 0 Å². The lowest BCUT2D eigenvalue weighted by Crippen LogP contribution is -2.30. The molecule has 0 aromatic heterocycles. The van der Waals surface area contributed by atoms with Crippen LogP contribution in [0.1, 0.15) is 0 Å². The van der Waals surface area contributed by atoms with Crippen LogP contribution in [0, 0.1) is 0 Å². The number of esters is 2. The van der Waals surface area contributed by atoms with Crippen LogP contribution < -0.4 is 9.47 Å². The van der Waals surface area contributed by atoms with Crippen molar-refractivity contribution in [3.05, 3.63) is 49.6 Å². The quantitative estimate of drug-likeness (QED) is 0.0650. The zero-order valence-corrected chi connectivity index (χ0v) is 26.0. The van der Waals surface area contributed by atoms with E-state index in [1.54, 1.807) is 47.8 Å². The monoisotopic (exact) mass is 620 g/mol. The van der Waals surface area contributed by atoms with Crippen LogP contribution in [0.15, 0.2) is 49.6 Å². The van der Waals surface area contributed by atoms with E-state index in [9.17, 15) is 9.59 Å². The molecule has 12 heteroatoms. The highest BCUT2D eigenvalue weighted by molar-refractivity contribution is 8.02. The molecule has 0 aliphatic rings. The van der Waals surface area contributed by atoms with Gasteiger partial charge < -0.3 is 28.4 Å². The minimum Gasteiger partial charge on any atom is -0.489 e. The molecule has 1 aromatic rings. The molecule has 0 saturated heterocycles. The Morgan fingerprint density at radius 2 is 1.31 bits per heavy atom. The van der Waals surface area contributed by atoms with Crippen LogP contribution in [0.25, 0.3) is 0 Å². The molecule has 0 heterocycles. The summed E-state index contributed by atoms with van der Waals surface area (Å²) in [5.74, 6) is 5.56. The topological polar surface area (TPSA) is 89.5 Å². The predicted molar refractivity (Wildman–Crippen MR) is 166 cm³/mol. The zero-order chi connectivity index (χ0) is 28.6. The maximum Gasteiger partial charge on any atom is 0.330 e. The lowest BCUT2D eigenvalue weighted by Gasteiger charge is -2.19. The summed E-state index contributed by atoms with van der Waals surface area (Å²) in [6, 6.07) is 7.03. The summed E-state index contributed by atoms with van der Waals surface area (Å²) >= 11 is 7.09. The van der Waals surface area contributed by atoms with Gasteiger partial charge in [-0.1, -0.05) is 19.2 Å². The van der Waals surface area contributed by atoms with Gasteiger partial charge in [0.2, 0.25) is 0 Å². The number of benzene rings is 1. The molecule has 0 spiro atoms. The third kappa shape index (κ3) is 19.3. The molecule has 2 atom stereocenters. The van der Waals surface area contributed by atoms with E-state index in [1.165, 1.54) is 0 Å². The van der Waals surface area contributed by atoms with E-state index >= 15 is 0 Å². The molecule has 0 amide bonds. The highest BCUT2D eigenvalue weighted by atomic mass is 32.2. The highest BCUT2D eigenvalue weighted by Crippen LogP contribution is 2.20. The van der Waals surface area contributed by atoms with Crippen molar-refractivity contribution < 1.29 is 38.0 Å². The Morgan fingerprint density at radius 1 is 0.769 bits per heavy atom. The highest BCUT2D eigenvalue weighted by Gasteiger charge is 2.16. The van der Waals surface area contributed by atoms with E-state index in [4.69, 9.17) is 28.4 Å². The SMILES string of the molecule is C=CC(=O)OC(COCCSCCSC)COc1cccc(OCC(COCSCCSC)OC(=O)C=C)c1. The van der Waals surface area contributed by atoms with E-state index in [-0.39, 0.29) is 26.4 Å². The van der Waals surface area contributed by atoms with Crippen molar-refractivity contribution in [2.45, 2.75) is 12.2 Å². The van der Waals surface area contributed by atoms with Crippen LogP contribution in [-0.2, 0) is 28.5 Å². The maximum absolute atomic E-state index is 11.8. The molecule has 0 aliphatic carbocycles. The lowest BCUT2D eigenvalue weighted by atomic mass is 10.3. The van der Waals surface area contributed by atoms with Gasteiger partial charge in [0.05, 0.1) is 25.8 Å². The smallest absolute Gasteiger partial charge is 0.330 e. The van der Waals surface area contributed by atoms with E-state index in [0.29, 0.717) is 24.0 Å². The number of hydrogen-bond acceptors (Lipinski definition) is 12. The molecule has 0 fully saturated rings. The molecule has 0 N–H and O–H groups in total. The van der Waals surface area contributed by atoms with Crippen molar-refractivity contribution in [3.8, 4) is 11.5 Å². The van der Waals surface area contributed by atoms with Gasteiger partial charge in [-0.3, -0.25) is 0 Å². The molecule has 2 unspecified atom stereocenters. The molecule has 0 saturated carbocycles. The Bertz CT molecular complexity index is 827. The van der Waals surface area contributed by atoms with Gasteiger partial charge in [0, 0.05) is 47.0 Å². The summed E-state index contributed by atoms with van der Waals surface area (Å²) < 4.78 is 33.8. The third-order valence-corrected chi connectivity index (χ3v) is 8.10. The number of carbonyl (C=O) groups excluding carboxylic acids is 2. The summed E-state index contributed by atoms with van der Waals surface area (Å²) in [5, 5.41) is 0. The molecule has 0 radical (unpaired) electrons. The van der Waals surface area contributed by atoms with Crippen molar-refractivity contribution >= 4 is 59.0 Å². The van der Waals surface area contributed by atoms with E-state index < -0.39 is 24.1 Å². The minimum absolute atomic E-state index is 0.0981. The van der Waals surface area contributed by atoms with Crippen LogP contribution in [0.4, 0.5) is 0 Å². The second-order valence-electron chi connectivity index (χ2n) is 7.69. The normalized spacial score (nSPS) is 12.3. The average Bonchev–Trinajstić information content (AvgIpc) is 2.95. The van der Waals surface area contributed by atoms with Crippen LogP contribution in [0.5, 0.6) is 11.5 Å². The first-order valence-corrected chi connectivity index (χ1v) is 17.4. The predicted octanol–water partition coefficient (Wildman–Crippen LogP) is 4.82. The van der Waals surface area contributed by atoms with E-state index in [1.807, 2.05) is 23.5 Å². The lowest BCUT2D eigenvalue weighted by molar-refractivity contribution is -0.148. The Morgan fingerprint density at radius 3 is 1.85 bits per heavy atom. The van der Waals surface area contributed by atoms with Crippen LogP contribution in [-0.4, -0.2) is 104 Å². The molecule has 1 aromatic carbocycles. The van der Waals surface area contributed by atoms with Gasteiger partial charge in [0.15, 0.2) is 12.2 Å². The van der Waals surface area contributed by atoms with Crippen molar-refractivity contribution in [1.82, 2.24) is 0 Å². The molecular formula is C27H40O8S4. The van der Waals surface area contributed by atoms with Gasteiger partial charge in [0.1, 0.15) is 24.7 Å². The molecule has 220 valence electrons. The Balaban J connectivity index is 2.57. The van der Waals surface area contributed by atoms with E-state index in [2.05, 4.69) is 25.7 Å². The molecule has 39 heavy (non-hydrogen) atoms. The van der Waals surface area contributed by atoms with Gasteiger partial charge in [-0.15, -0.1) is 11.8 Å².